The number of sulfonamides is 2. The van der Waals surface area contributed by atoms with Gasteiger partial charge in [-0.3, -0.25) is 4.79 Å². The van der Waals surface area contributed by atoms with Gasteiger partial charge in [-0.05, 0) is 24.3 Å². The molecule has 9 heteroatoms. The van der Waals surface area contributed by atoms with Crippen LogP contribution in [0, 0.1) is 0 Å². The van der Waals surface area contributed by atoms with Crippen LogP contribution in [0.4, 0.5) is 0 Å². The molecule has 0 saturated carbocycles. The zero-order valence-electron chi connectivity index (χ0n) is 11.8. The number of hydrogen-bond acceptors (Lipinski definition) is 5. The van der Waals surface area contributed by atoms with E-state index in [0.29, 0.717) is 5.56 Å². The van der Waals surface area contributed by atoms with Gasteiger partial charge >= 0.3 is 0 Å². The molecule has 2 aromatic rings. The average Bonchev–Trinajstić information content (AvgIpc) is 2.53. The number of carbonyl (C=O) groups is 1. The van der Waals surface area contributed by atoms with Crippen LogP contribution < -0.4 is 9.86 Å². The molecule has 0 saturated heterocycles. The molecule has 2 aromatic carbocycles. The molecule has 0 aliphatic carbocycles. The number of nitrogens with one attached hydrogen (secondary N) is 1. The van der Waals surface area contributed by atoms with Crippen LogP contribution in [-0.4, -0.2) is 29.2 Å². The van der Waals surface area contributed by atoms with Gasteiger partial charge in [0.25, 0.3) is 0 Å². The van der Waals surface area contributed by atoms with Crippen molar-refractivity contribution in [2.75, 3.05) is 6.54 Å². The van der Waals surface area contributed by atoms with Crippen LogP contribution in [-0.2, 0) is 20.0 Å². The summed E-state index contributed by atoms with van der Waals surface area (Å²) in [5.74, 6) is -0.379. The van der Waals surface area contributed by atoms with E-state index in [1.54, 1.807) is 30.3 Å². The summed E-state index contributed by atoms with van der Waals surface area (Å²) in [6.07, 6.45) is 0. The maximum absolute atomic E-state index is 12.1. The predicted octanol–water partition coefficient (Wildman–Crippen LogP) is 0.495. The minimum Gasteiger partial charge on any atom is -0.293 e. The summed E-state index contributed by atoms with van der Waals surface area (Å²) in [6, 6.07) is 12.6. The summed E-state index contributed by atoms with van der Waals surface area (Å²) in [4.78, 5) is 11.5. The summed E-state index contributed by atoms with van der Waals surface area (Å²) in [5.41, 5.74) is 0.389. The fourth-order valence-corrected chi connectivity index (χ4v) is 3.28. The molecule has 0 amide bonds. The highest BCUT2D eigenvalue weighted by Crippen LogP contribution is 2.13. The number of rotatable bonds is 6. The first-order valence-electron chi connectivity index (χ1n) is 6.41. The van der Waals surface area contributed by atoms with Gasteiger partial charge in [-0.25, -0.2) is 26.7 Å². The SMILES string of the molecule is NS(=O)(=O)c1ccc(S(=O)(=O)NCC(=O)c2ccccc2)cc1. The lowest BCUT2D eigenvalue weighted by Gasteiger charge is -2.07. The van der Waals surface area contributed by atoms with Gasteiger partial charge < -0.3 is 0 Å². The van der Waals surface area contributed by atoms with Crippen molar-refractivity contribution in [1.29, 1.82) is 0 Å². The van der Waals surface area contributed by atoms with E-state index in [9.17, 15) is 21.6 Å². The molecule has 122 valence electrons. The van der Waals surface area contributed by atoms with Crippen molar-refractivity contribution in [3.05, 3.63) is 60.2 Å². The lowest BCUT2D eigenvalue weighted by molar-refractivity contribution is 0.0997. The molecule has 0 aliphatic rings. The molecule has 0 fully saturated rings. The highest BCUT2D eigenvalue weighted by Gasteiger charge is 2.17. The van der Waals surface area contributed by atoms with Crippen molar-refractivity contribution in [2.24, 2.45) is 5.14 Å². The summed E-state index contributed by atoms with van der Waals surface area (Å²) in [5, 5.41) is 4.94. The minimum atomic E-state index is -3.93. The predicted molar refractivity (Wildman–Crippen MR) is 83.8 cm³/mol. The molecule has 7 nitrogen and oxygen atoms in total. The number of primary sulfonamides is 1. The van der Waals surface area contributed by atoms with Crippen molar-refractivity contribution < 1.29 is 21.6 Å². The molecule has 0 heterocycles. The molecule has 0 atom stereocenters. The van der Waals surface area contributed by atoms with Crippen LogP contribution in [0.5, 0.6) is 0 Å². The Kier molecular flexibility index (Phi) is 4.95. The Hall–Kier alpha value is -2.07. The van der Waals surface area contributed by atoms with Gasteiger partial charge in [0, 0.05) is 5.56 Å². The normalized spacial score (nSPS) is 12.0. The first kappa shape index (κ1) is 17.3. The van der Waals surface area contributed by atoms with E-state index in [4.69, 9.17) is 5.14 Å². The van der Waals surface area contributed by atoms with Gasteiger partial charge in [-0.15, -0.1) is 0 Å². The van der Waals surface area contributed by atoms with Crippen LogP contribution in [0.1, 0.15) is 10.4 Å². The van der Waals surface area contributed by atoms with E-state index in [0.717, 1.165) is 24.3 Å². The van der Waals surface area contributed by atoms with Gasteiger partial charge in [0.1, 0.15) is 0 Å². The van der Waals surface area contributed by atoms with Crippen molar-refractivity contribution in [3.63, 3.8) is 0 Å². The zero-order valence-corrected chi connectivity index (χ0v) is 13.5. The molecular weight excluding hydrogens is 340 g/mol. The summed E-state index contributed by atoms with van der Waals surface area (Å²) >= 11 is 0. The van der Waals surface area contributed by atoms with Crippen molar-refractivity contribution >= 4 is 25.8 Å². The minimum absolute atomic E-state index is 0.161. The highest BCUT2D eigenvalue weighted by molar-refractivity contribution is 7.89. The van der Waals surface area contributed by atoms with Crippen LogP contribution in [0.3, 0.4) is 0 Å². The smallest absolute Gasteiger partial charge is 0.240 e. The van der Waals surface area contributed by atoms with Crippen LogP contribution in [0.15, 0.2) is 64.4 Å². The fourth-order valence-electron chi connectivity index (χ4n) is 1.78. The van der Waals surface area contributed by atoms with Crippen molar-refractivity contribution in [2.45, 2.75) is 9.79 Å². The van der Waals surface area contributed by atoms with E-state index < -0.39 is 26.6 Å². The molecule has 0 radical (unpaired) electrons. The molecule has 0 bridgehead atoms. The lowest BCUT2D eigenvalue weighted by atomic mass is 10.1. The first-order chi connectivity index (χ1) is 10.7. The molecule has 3 N–H and O–H groups in total. The zero-order chi connectivity index (χ0) is 17.1. The third kappa shape index (κ3) is 4.45. The van der Waals surface area contributed by atoms with E-state index >= 15 is 0 Å². The summed E-state index contributed by atoms with van der Waals surface area (Å²) in [6.45, 7) is -0.400. The van der Waals surface area contributed by atoms with E-state index in [1.807, 2.05) is 0 Å². The van der Waals surface area contributed by atoms with Gasteiger partial charge in [-0.1, -0.05) is 30.3 Å². The van der Waals surface area contributed by atoms with E-state index in [-0.39, 0.29) is 15.6 Å². The fraction of sp³-hybridized carbons (Fsp3) is 0.0714. The van der Waals surface area contributed by atoms with Gasteiger partial charge in [0.15, 0.2) is 5.78 Å². The van der Waals surface area contributed by atoms with E-state index in [1.165, 1.54) is 0 Å². The van der Waals surface area contributed by atoms with Crippen molar-refractivity contribution in [3.8, 4) is 0 Å². The molecule has 0 spiro atoms. The quantitative estimate of drug-likeness (QED) is 0.731. The summed E-state index contributed by atoms with van der Waals surface area (Å²) in [7, 11) is -7.83. The van der Waals surface area contributed by atoms with Gasteiger partial charge in [0.2, 0.25) is 20.0 Å². The molecule has 23 heavy (non-hydrogen) atoms. The number of Topliss-reactive ketones (excluding diaryl/α,β-unsaturated/α-hetero) is 1. The maximum atomic E-state index is 12.1. The Morgan fingerprint density at radius 3 is 1.91 bits per heavy atom. The van der Waals surface area contributed by atoms with Crippen LogP contribution >= 0.6 is 0 Å². The molecule has 0 aromatic heterocycles. The Morgan fingerprint density at radius 2 is 1.39 bits per heavy atom. The standard InChI is InChI=1S/C14H14N2O5S2/c15-22(18,19)12-6-8-13(9-7-12)23(20,21)16-10-14(17)11-4-2-1-3-5-11/h1-9,16H,10H2,(H2,15,18,19). The largest absolute Gasteiger partial charge is 0.293 e. The maximum Gasteiger partial charge on any atom is 0.240 e. The molecular formula is C14H14N2O5S2. The van der Waals surface area contributed by atoms with Gasteiger partial charge in [0.05, 0.1) is 16.3 Å². The Bertz CT molecular complexity index is 905. The van der Waals surface area contributed by atoms with Crippen LogP contribution in [0.25, 0.3) is 0 Å². The van der Waals surface area contributed by atoms with Gasteiger partial charge in [-0.2, -0.15) is 0 Å². The molecule has 0 aliphatic heterocycles. The number of benzene rings is 2. The second-order valence-corrected chi connectivity index (χ2v) is 7.96. The third-order valence-electron chi connectivity index (χ3n) is 2.98. The summed E-state index contributed by atoms with van der Waals surface area (Å²) < 4.78 is 48.6. The monoisotopic (exact) mass is 354 g/mol. The second-order valence-electron chi connectivity index (χ2n) is 4.63. The number of ketones is 1. The van der Waals surface area contributed by atoms with E-state index in [2.05, 4.69) is 4.72 Å². The number of nitrogens with two attached hydrogens (primary N) is 1. The number of carbonyl (C=O) groups excluding carboxylic acids is 1. The Balaban J connectivity index is 2.12. The molecule has 0 unspecified atom stereocenters. The Labute approximate surface area is 134 Å². The Morgan fingerprint density at radius 1 is 0.870 bits per heavy atom. The second kappa shape index (κ2) is 6.59. The third-order valence-corrected chi connectivity index (χ3v) is 5.33. The first-order valence-corrected chi connectivity index (χ1v) is 9.44. The number of hydrogen-bond donors (Lipinski definition) is 2. The van der Waals surface area contributed by atoms with Crippen molar-refractivity contribution in [1.82, 2.24) is 4.72 Å². The lowest BCUT2D eigenvalue weighted by Crippen LogP contribution is -2.29. The average molecular weight is 354 g/mol. The molecule has 2 rings (SSSR count). The topological polar surface area (TPSA) is 123 Å². The van der Waals surface area contributed by atoms with Crippen LogP contribution in [0.2, 0.25) is 0 Å². The highest BCUT2D eigenvalue weighted by atomic mass is 32.2.